The molecule has 0 spiro atoms. The molecule has 18 heteroatoms. The highest BCUT2D eigenvalue weighted by Crippen LogP contribution is 2.28. The van der Waals surface area contributed by atoms with Gasteiger partial charge in [-0.15, -0.1) is 5.10 Å². The molecule has 0 bridgehead atoms. The quantitative estimate of drug-likeness (QED) is 0.0643. The van der Waals surface area contributed by atoms with E-state index in [1.165, 1.54) is 6.07 Å². The van der Waals surface area contributed by atoms with E-state index in [1.54, 1.807) is 50.2 Å². The van der Waals surface area contributed by atoms with E-state index >= 15 is 0 Å². The first-order valence-corrected chi connectivity index (χ1v) is 19.6. The van der Waals surface area contributed by atoms with E-state index in [0.717, 1.165) is 49.8 Å². The van der Waals surface area contributed by atoms with Crippen molar-refractivity contribution >= 4 is 35.2 Å². The largest absolute Gasteiger partial charge is 0.508 e. The third kappa shape index (κ3) is 12.5. The summed E-state index contributed by atoms with van der Waals surface area (Å²) in [6.07, 6.45) is 3.37. The number of phenols is 2. The number of nitrogens with two attached hydrogens (primary N) is 1. The van der Waals surface area contributed by atoms with E-state index in [0.29, 0.717) is 17.1 Å². The number of aromatic amines is 1. The predicted molar refractivity (Wildman–Crippen MR) is 216 cm³/mol. The van der Waals surface area contributed by atoms with Gasteiger partial charge in [0.2, 0.25) is 17.7 Å². The average molecular weight is 813 g/mol. The van der Waals surface area contributed by atoms with E-state index in [-0.39, 0.29) is 42.4 Å². The topological polar surface area (TPSA) is 287 Å². The van der Waals surface area contributed by atoms with Crippen LogP contribution < -0.4 is 32.3 Å². The highest BCUT2D eigenvalue weighted by atomic mass is 16.3. The second-order valence-corrected chi connectivity index (χ2v) is 15.1. The molecule has 11 N–H and O–H groups in total. The van der Waals surface area contributed by atoms with Crippen LogP contribution in [-0.4, -0.2) is 102 Å². The van der Waals surface area contributed by atoms with Crippen LogP contribution in [0.2, 0.25) is 0 Å². The molecular formula is C41H52N10O8. The Kier molecular flexibility index (Phi) is 15.4. The lowest BCUT2D eigenvalue weighted by Crippen LogP contribution is -2.60. The van der Waals surface area contributed by atoms with Crippen LogP contribution in [0.1, 0.15) is 68.3 Å². The summed E-state index contributed by atoms with van der Waals surface area (Å²) in [4.78, 5) is 67.6. The van der Waals surface area contributed by atoms with Crippen molar-refractivity contribution in [2.45, 2.75) is 89.1 Å². The molecule has 1 fully saturated rings. The van der Waals surface area contributed by atoms with Gasteiger partial charge in [-0.25, -0.2) is 5.10 Å². The van der Waals surface area contributed by atoms with Crippen LogP contribution >= 0.6 is 0 Å². The fraction of sp³-hybridized carbons (Fsp3) is 0.415. The number of tetrazole rings is 1. The lowest BCUT2D eigenvalue weighted by Gasteiger charge is -2.31. The Morgan fingerprint density at radius 1 is 0.847 bits per heavy atom. The third-order valence-corrected chi connectivity index (χ3v) is 10.2. The van der Waals surface area contributed by atoms with E-state index in [2.05, 4.69) is 47.2 Å². The minimum Gasteiger partial charge on any atom is -0.508 e. The van der Waals surface area contributed by atoms with Gasteiger partial charge in [-0.05, 0) is 71.0 Å². The molecule has 59 heavy (non-hydrogen) atoms. The second kappa shape index (κ2) is 20.9. The number of aliphatic hydroxyl groups excluding tert-OH is 1. The number of carbonyl (C=O) groups excluding carboxylic acids is 5. The molecule has 0 saturated heterocycles. The van der Waals surface area contributed by atoms with Gasteiger partial charge in [0.05, 0.1) is 11.6 Å². The second-order valence-electron chi connectivity index (χ2n) is 15.1. The minimum atomic E-state index is -1.72. The number of H-pyrrole nitrogens is 1. The van der Waals surface area contributed by atoms with Gasteiger partial charge in [-0.1, -0.05) is 88.4 Å². The molecule has 4 aromatic rings. The standard InChI is InChI=1S/C41H52N10O8/c1-23(2)34(47-38(56)30(42)22-43-37(55)29-21-28(52)16-17-33(29)53)40(58)46-32(19-25-12-7-4-8-13-25)39(57)45-31(18-24-10-5-3-6-11-24)35(54)41(59)44-27-15-9-14-26(20-27)36-48-50-51-49-36/h3,5-6,9-11,14-17,20-21,23,25,30-32,34-35,52-54H,4,7-8,12-13,18-19,22,42H2,1-2H3,(H,43,55)(H,44,59)(H,45,57)(H,46,58)(H,47,56)(H,48,49,50,51)/t30-,31-,32-,34-,35+/m0/s1. The van der Waals surface area contributed by atoms with Crippen LogP contribution in [0, 0.1) is 11.8 Å². The number of hydrogen-bond acceptors (Lipinski definition) is 12. The molecular weight excluding hydrogens is 761 g/mol. The number of aliphatic hydroxyl groups is 1. The van der Waals surface area contributed by atoms with Gasteiger partial charge in [0.1, 0.15) is 29.6 Å². The number of carbonyl (C=O) groups is 5. The highest BCUT2D eigenvalue weighted by Gasteiger charge is 2.35. The molecule has 5 atom stereocenters. The minimum absolute atomic E-state index is 0.0825. The highest BCUT2D eigenvalue weighted by molar-refractivity contribution is 5.98. The number of amides is 5. The maximum absolute atomic E-state index is 14.3. The van der Waals surface area contributed by atoms with E-state index in [1.807, 2.05) is 18.2 Å². The van der Waals surface area contributed by atoms with Crippen LogP contribution in [0.5, 0.6) is 11.5 Å². The molecule has 0 radical (unpaired) electrons. The van der Waals surface area contributed by atoms with Crippen LogP contribution in [0.25, 0.3) is 11.4 Å². The molecule has 1 aliphatic carbocycles. The average Bonchev–Trinajstić information content (AvgIpc) is 3.78. The molecule has 18 nitrogen and oxygen atoms in total. The number of aromatic hydroxyl groups is 2. The molecule has 1 heterocycles. The number of anilines is 1. The Balaban J connectivity index is 1.29. The molecule has 314 valence electrons. The van der Waals surface area contributed by atoms with Crippen molar-refractivity contribution in [2.24, 2.45) is 17.6 Å². The molecule has 1 aromatic heterocycles. The summed E-state index contributed by atoms with van der Waals surface area (Å²) in [6.45, 7) is 3.06. The van der Waals surface area contributed by atoms with Gasteiger partial charge >= 0.3 is 0 Å². The van der Waals surface area contributed by atoms with E-state index < -0.39 is 65.7 Å². The van der Waals surface area contributed by atoms with Crippen molar-refractivity contribution in [3.8, 4) is 22.9 Å². The Hall–Kier alpha value is -6.40. The third-order valence-electron chi connectivity index (χ3n) is 10.2. The Bertz CT molecular complexity index is 2040. The van der Waals surface area contributed by atoms with E-state index in [9.17, 15) is 39.3 Å². The van der Waals surface area contributed by atoms with Crippen molar-refractivity contribution in [2.75, 3.05) is 11.9 Å². The van der Waals surface area contributed by atoms with Gasteiger partial charge in [0.25, 0.3) is 11.8 Å². The summed E-state index contributed by atoms with van der Waals surface area (Å²) in [5.74, 6) is -4.17. The van der Waals surface area contributed by atoms with Crippen molar-refractivity contribution in [1.82, 2.24) is 41.9 Å². The number of hydrogen-bond donors (Lipinski definition) is 10. The van der Waals surface area contributed by atoms with Gasteiger partial charge in [-0.3, -0.25) is 24.0 Å². The van der Waals surface area contributed by atoms with Gasteiger partial charge in [0.15, 0.2) is 11.9 Å². The smallest absolute Gasteiger partial charge is 0.255 e. The fourth-order valence-corrected chi connectivity index (χ4v) is 6.96. The maximum Gasteiger partial charge on any atom is 0.255 e. The zero-order valence-corrected chi connectivity index (χ0v) is 32.9. The first kappa shape index (κ1) is 43.7. The lowest BCUT2D eigenvalue weighted by molar-refractivity contribution is -0.134. The van der Waals surface area contributed by atoms with Crippen LogP contribution in [-0.2, 0) is 25.6 Å². The molecule has 0 unspecified atom stereocenters. The summed E-state index contributed by atoms with van der Waals surface area (Å²) in [5, 5.41) is 58.4. The zero-order chi connectivity index (χ0) is 42.5. The lowest BCUT2D eigenvalue weighted by atomic mass is 9.84. The Morgan fingerprint density at radius 3 is 2.29 bits per heavy atom. The summed E-state index contributed by atoms with van der Waals surface area (Å²) in [7, 11) is 0. The molecule has 1 saturated carbocycles. The number of phenolic OH excluding ortho intramolecular Hbond substituents is 2. The summed E-state index contributed by atoms with van der Waals surface area (Å²) < 4.78 is 0. The Morgan fingerprint density at radius 2 is 1.59 bits per heavy atom. The van der Waals surface area contributed by atoms with Gasteiger partial charge in [0, 0.05) is 17.8 Å². The first-order chi connectivity index (χ1) is 28.3. The number of rotatable bonds is 18. The van der Waals surface area contributed by atoms with Crippen molar-refractivity contribution < 1.29 is 39.3 Å². The summed E-state index contributed by atoms with van der Waals surface area (Å²) >= 11 is 0. The van der Waals surface area contributed by atoms with Crippen LogP contribution in [0.3, 0.4) is 0 Å². The van der Waals surface area contributed by atoms with Crippen molar-refractivity contribution in [1.29, 1.82) is 0 Å². The molecule has 5 rings (SSSR count). The number of nitrogens with one attached hydrogen (secondary N) is 6. The predicted octanol–water partition coefficient (Wildman–Crippen LogP) is 1.66. The monoisotopic (exact) mass is 812 g/mol. The Labute approximate surface area is 341 Å². The molecule has 1 aliphatic rings. The normalized spacial score (nSPS) is 15.5. The zero-order valence-electron chi connectivity index (χ0n) is 32.9. The van der Waals surface area contributed by atoms with E-state index in [4.69, 9.17) is 5.73 Å². The number of benzene rings is 3. The summed E-state index contributed by atoms with van der Waals surface area (Å²) in [6, 6.07) is 14.5. The van der Waals surface area contributed by atoms with Crippen LogP contribution in [0.4, 0.5) is 5.69 Å². The maximum atomic E-state index is 14.3. The SMILES string of the molecule is CC(C)[C@H](NC(=O)[C@@H](N)CNC(=O)c1cc(O)ccc1O)C(=O)N[C@@H](CC1CCCCC1)C(=O)N[C@@H](Cc1ccccc1)[C@@H](O)C(=O)Nc1cccc(-c2nnn[nH]2)c1. The van der Waals surface area contributed by atoms with Gasteiger partial charge in [-0.2, -0.15) is 0 Å². The number of nitrogens with zero attached hydrogens (tertiary/aromatic N) is 3. The van der Waals surface area contributed by atoms with Gasteiger partial charge < -0.3 is 47.6 Å². The van der Waals surface area contributed by atoms with Crippen molar-refractivity contribution in [3.63, 3.8) is 0 Å². The molecule has 5 amide bonds. The van der Waals surface area contributed by atoms with Crippen LogP contribution in [0.15, 0.2) is 72.8 Å². The summed E-state index contributed by atoms with van der Waals surface area (Å²) in [5.41, 5.74) is 7.55. The first-order valence-electron chi connectivity index (χ1n) is 19.6. The molecule has 0 aliphatic heterocycles. The fourth-order valence-electron chi connectivity index (χ4n) is 6.96. The molecule has 3 aromatic carbocycles. The number of aromatic nitrogens is 4. The van der Waals surface area contributed by atoms with Crippen molar-refractivity contribution in [3.05, 3.63) is 83.9 Å².